The van der Waals surface area contributed by atoms with E-state index < -0.39 is 0 Å². The van der Waals surface area contributed by atoms with Crippen molar-refractivity contribution in [1.29, 1.82) is 0 Å². The molecule has 0 atom stereocenters. The van der Waals surface area contributed by atoms with Gasteiger partial charge in [0.05, 0.1) is 5.52 Å². The summed E-state index contributed by atoms with van der Waals surface area (Å²) in [6.45, 7) is 3.19. The molecule has 2 aromatic carbocycles. The number of rotatable bonds is 4. The lowest BCUT2D eigenvalue weighted by Crippen LogP contribution is -2.37. The zero-order valence-corrected chi connectivity index (χ0v) is 15.9. The Bertz CT molecular complexity index is 886. The average Bonchev–Trinajstić information content (AvgIpc) is 2.70. The molecular weight excluding hydrogens is 342 g/mol. The van der Waals surface area contributed by atoms with Gasteiger partial charge in [-0.3, -0.25) is 0 Å². The van der Waals surface area contributed by atoms with Crippen LogP contribution in [0, 0.1) is 0 Å². The van der Waals surface area contributed by atoms with Crippen LogP contribution in [0.1, 0.15) is 39.0 Å². The molecule has 3 nitrogen and oxygen atoms in total. The molecule has 4 rings (SSSR count). The summed E-state index contributed by atoms with van der Waals surface area (Å²) in [7, 11) is 0. The van der Waals surface area contributed by atoms with Crippen LogP contribution in [-0.2, 0) is 0 Å². The van der Waals surface area contributed by atoms with E-state index >= 15 is 0 Å². The zero-order chi connectivity index (χ0) is 17.9. The van der Waals surface area contributed by atoms with Crippen LogP contribution in [0.4, 0.5) is 5.82 Å². The van der Waals surface area contributed by atoms with Crippen molar-refractivity contribution in [3.63, 3.8) is 0 Å². The molecule has 0 bridgehead atoms. The summed E-state index contributed by atoms with van der Waals surface area (Å²) in [4.78, 5) is 12.3. The number of fused-ring (bicyclic) bond motifs is 1. The number of anilines is 1. The van der Waals surface area contributed by atoms with E-state index in [0.717, 1.165) is 39.7 Å². The predicted octanol–water partition coefficient (Wildman–Crippen LogP) is 6.11. The molecule has 0 saturated heterocycles. The van der Waals surface area contributed by atoms with Crippen LogP contribution < -0.4 is 4.90 Å². The van der Waals surface area contributed by atoms with Gasteiger partial charge in [-0.05, 0) is 56.2 Å². The molecule has 4 heteroatoms. The Hall–Kier alpha value is -2.13. The fourth-order valence-corrected chi connectivity index (χ4v) is 4.11. The van der Waals surface area contributed by atoms with Gasteiger partial charge in [-0.15, -0.1) is 0 Å². The van der Waals surface area contributed by atoms with Crippen molar-refractivity contribution < 1.29 is 0 Å². The first-order valence-electron chi connectivity index (χ1n) is 9.55. The minimum atomic E-state index is 0.574. The van der Waals surface area contributed by atoms with Crippen molar-refractivity contribution in [2.24, 2.45) is 0 Å². The van der Waals surface area contributed by atoms with Crippen LogP contribution in [0.25, 0.3) is 22.3 Å². The number of hydrogen-bond acceptors (Lipinski definition) is 3. The molecule has 0 radical (unpaired) electrons. The van der Waals surface area contributed by atoms with Crippen LogP contribution >= 0.6 is 11.6 Å². The van der Waals surface area contributed by atoms with Crippen LogP contribution in [0.3, 0.4) is 0 Å². The molecule has 0 aliphatic heterocycles. The SMILES string of the molecule is CCN(c1nc(-c2ccc(Cl)cc2)nc2ccccc12)C1CCCCC1. The second-order valence-corrected chi connectivity index (χ2v) is 7.41. The van der Waals surface area contributed by atoms with Gasteiger partial charge in [0.15, 0.2) is 5.82 Å². The maximum Gasteiger partial charge on any atom is 0.162 e. The molecule has 0 N–H and O–H groups in total. The zero-order valence-electron chi connectivity index (χ0n) is 15.2. The lowest BCUT2D eigenvalue weighted by atomic mass is 9.94. The van der Waals surface area contributed by atoms with E-state index in [1.165, 1.54) is 32.1 Å². The van der Waals surface area contributed by atoms with Crippen LogP contribution in [0.5, 0.6) is 0 Å². The Morgan fingerprint density at radius 3 is 2.42 bits per heavy atom. The van der Waals surface area contributed by atoms with Gasteiger partial charge in [-0.2, -0.15) is 0 Å². The Kier molecular flexibility index (Phi) is 5.07. The summed E-state index contributed by atoms with van der Waals surface area (Å²) in [6.07, 6.45) is 6.49. The molecule has 26 heavy (non-hydrogen) atoms. The Labute approximate surface area is 160 Å². The second-order valence-electron chi connectivity index (χ2n) is 6.97. The quantitative estimate of drug-likeness (QED) is 0.558. The molecule has 3 aromatic rings. The van der Waals surface area contributed by atoms with Crippen molar-refractivity contribution >= 4 is 28.3 Å². The van der Waals surface area contributed by atoms with Gasteiger partial charge in [0.25, 0.3) is 0 Å². The fraction of sp³-hybridized carbons (Fsp3) is 0.364. The number of para-hydroxylation sites is 1. The molecule has 0 amide bonds. The highest BCUT2D eigenvalue weighted by Gasteiger charge is 2.23. The normalized spacial score (nSPS) is 15.3. The van der Waals surface area contributed by atoms with E-state index in [-0.39, 0.29) is 0 Å². The predicted molar refractivity (Wildman–Crippen MR) is 110 cm³/mol. The smallest absolute Gasteiger partial charge is 0.162 e. The van der Waals surface area contributed by atoms with Crippen molar-refractivity contribution in [1.82, 2.24) is 9.97 Å². The molecule has 1 aromatic heterocycles. The van der Waals surface area contributed by atoms with E-state index in [2.05, 4.69) is 30.0 Å². The van der Waals surface area contributed by atoms with Crippen LogP contribution in [0.15, 0.2) is 48.5 Å². The third kappa shape index (κ3) is 3.41. The van der Waals surface area contributed by atoms with Gasteiger partial charge in [0.2, 0.25) is 0 Å². The van der Waals surface area contributed by atoms with Gasteiger partial charge in [0, 0.05) is 28.6 Å². The number of halogens is 1. The Morgan fingerprint density at radius 1 is 0.962 bits per heavy atom. The van der Waals surface area contributed by atoms with Crippen molar-refractivity contribution in [3.8, 4) is 11.4 Å². The topological polar surface area (TPSA) is 29.0 Å². The summed E-state index contributed by atoms with van der Waals surface area (Å²) in [5, 5.41) is 1.87. The first-order valence-corrected chi connectivity index (χ1v) is 9.93. The van der Waals surface area contributed by atoms with E-state index in [9.17, 15) is 0 Å². The standard InChI is InChI=1S/C22H24ClN3/c1-2-26(18-8-4-3-5-9-18)22-19-10-6-7-11-20(19)24-21(25-22)16-12-14-17(23)15-13-16/h6-7,10-15,18H,2-5,8-9H2,1H3. The Morgan fingerprint density at radius 2 is 1.69 bits per heavy atom. The van der Waals surface area contributed by atoms with Crippen molar-refractivity contribution in [3.05, 3.63) is 53.6 Å². The highest BCUT2D eigenvalue weighted by Crippen LogP contribution is 2.32. The lowest BCUT2D eigenvalue weighted by molar-refractivity contribution is 0.417. The first kappa shape index (κ1) is 17.3. The molecule has 1 heterocycles. The van der Waals surface area contributed by atoms with E-state index in [4.69, 9.17) is 21.6 Å². The second kappa shape index (κ2) is 7.63. The summed E-state index contributed by atoms with van der Waals surface area (Å²) in [5.41, 5.74) is 2.00. The monoisotopic (exact) mass is 365 g/mol. The average molecular weight is 366 g/mol. The third-order valence-corrected chi connectivity index (χ3v) is 5.57. The van der Waals surface area contributed by atoms with Gasteiger partial charge in [0.1, 0.15) is 5.82 Å². The maximum absolute atomic E-state index is 6.05. The lowest BCUT2D eigenvalue weighted by Gasteiger charge is -2.35. The summed E-state index contributed by atoms with van der Waals surface area (Å²) in [5.74, 6) is 1.83. The van der Waals surface area contributed by atoms with E-state index in [1.54, 1.807) is 0 Å². The summed E-state index contributed by atoms with van der Waals surface area (Å²) >= 11 is 6.05. The molecule has 1 fully saturated rings. The summed E-state index contributed by atoms with van der Waals surface area (Å²) in [6, 6.07) is 16.7. The van der Waals surface area contributed by atoms with Gasteiger partial charge in [-0.1, -0.05) is 43.0 Å². The van der Waals surface area contributed by atoms with E-state index in [1.807, 2.05) is 30.3 Å². The van der Waals surface area contributed by atoms with Crippen LogP contribution in [0.2, 0.25) is 5.02 Å². The fourth-order valence-electron chi connectivity index (χ4n) is 3.98. The number of nitrogens with zero attached hydrogens (tertiary/aromatic N) is 3. The highest BCUT2D eigenvalue weighted by molar-refractivity contribution is 6.30. The van der Waals surface area contributed by atoms with Crippen LogP contribution in [-0.4, -0.2) is 22.6 Å². The number of aromatic nitrogens is 2. The largest absolute Gasteiger partial charge is 0.353 e. The Balaban J connectivity index is 1.84. The summed E-state index contributed by atoms with van der Waals surface area (Å²) < 4.78 is 0. The highest BCUT2D eigenvalue weighted by atomic mass is 35.5. The molecular formula is C22H24ClN3. The molecule has 1 aliphatic carbocycles. The third-order valence-electron chi connectivity index (χ3n) is 5.31. The maximum atomic E-state index is 6.05. The van der Waals surface area contributed by atoms with Gasteiger partial charge < -0.3 is 4.90 Å². The first-order chi connectivity index (χ1) is 12.8. The molecule has 134 valence electrons. The number of hydrogen-bond donors (Lipinski definition) is 0. The van der Waals surface area contributed by atoms with Crippen molar-refractivity contribution in [2.75, 3.05) is 11.4 Å². The minimum Gasteiger partial charge on any atom is -0.353 e. The van der Waals surface area contributed by atoms with Gasteiger partial charge in [-0.25, -0.2) is 9.97 Å². The minimum absolute atomic E-state index is 0.574. The van der Waals surface area contributed by atoms with Crippen molar-refractivity contribution in [2.45, 2.75) is 45.1 Å². The molecule has 1 aliphatic rings. The number of benzene rings is 2. The molecule has 0 spiro atoms. The molecule has 1 saturated carbocycles. The van der Waals surface area contributed by atoms with Gasteiger partial charge >= 0.3 is 0 Å². The van der Waals surface area contributed by atoms with E-state index in [0.29, 0.717) is 6.04 Å². The molecule has 0 unspecified atom stereocenters.